The standard InChI is InChI=1S/C16H26N2/c1-5-16(6-2,14-10-8-7-9-11-14)15(18-17)12-13(3)4/h7-12,15,18H,5-6,17H2,1-4H3. The van der Waals surface area contributed by atoms with Crippen molar-refractivity contribution >= 4 is 0 Å². The molecule has 0 aliphatic heterocycles. The number of rotatable bonds is 6. The summed E-state index contributed by atoms with van der Waals surface area (Å²) in [5, 5.41) is 0. The van der Waals surface area contributed by atoms with Gasteiger partial charge < -0.3 is 0 Å². The summed E-state index contributed by atoms with van der Waals surface area (Å²) in [7, 11) is 0. The third kappa shape index (κ3) is 3.01. The fourth-order valence-corrected chi connectivity index (χ4v) is 2.75. The van der Waals surface area contributed by atoms with E-state index in [4.69, 9.17) is 5.84 Å². The maximum Gasteiger partial charge on any atom is 0.0489 e. The van der Waals surface area contributed by atoms with Gasteiger partial charge in [-0.3, -0.25) is 11.3 Å². The Morgan fingerprint density at radius 2 is 1.78 bits per heavy atom. The number of hydrazine groups is 1. The van der Waals surface area contributed by atoms with Gasteiger partial charge in [0.25, 0.3) is 0 Å². The third-order valence-electron chi connectivity index (χ3n) is 3.89. The molecule has 0 saturated carbocycles. The maximum atomic E-state index is 5.80. The van der Waals surface area contributed by atoms with Crippen molar-refractivity contribution in [3.05, 3.63) is 47.5 Å². The first-order valence-corrected chi connectivity index (χ1v) is 6.77. The lowest BCUT2D eigenvalue weighted by Gasteiger charge is -2.39. The molecule has 0 radical (unpaired) electrons. The van der Waals surface area contributed by atoms with Gasteiger partial charge in [0.2, 0.25) is 0 Å². The summed E-state index contributed by atoms with van der Waals surface area (Å²) in [5.74, 6) is 5.80. The average molecular weight is 246 g/mol. The van der Waals surface area contributed by atoms with Crippen LogP contribution in [0.3, 0.4) is 0 Å². The van der Waals surface area contributed by atoms with Crippen LogP contribution in [0.5, 0.6) is 0 Å². The molecule has 0 amide bonds. The zero-order chi connectivity index (χ0) is 13.6. The van der Waals surface area contributed by atoms with Crippen LogP contribution in [0.15, 0.2) is 42.0 Å². The van der Waals surface area contributed by atoms with Gasteiger partial charge >= 0.3 is 0 Å². The quantitative estimate of drug-likeness (QED) is 0.458. The maximum absolute atomic E-state index is 5.80. The van der Waals surface area contributed by atoms with Crippen LogP contribution in [-0.2, 0) is 5.41 Å². The van der Waals surface area contributed by atoms with E-state index in [1.807, 2.05) is 0 Å². The minimum absolute atomic E-state index is 0.0628. The van der Waals surface area contributed by atoms with Crippen LogP contribution >= 0.6 is 0 Å². The SMILES string of the molecule is CCC(CC)(c1ccccc1)C(C=C(C)C)NN. The van der Waals surface area contributed by atoms with Gasteiger partial charge in [-0.15, -0.1) is 0 Å². The van der Waals surface area contributed by atoms with Crippen molar-refractivity contribution < 1.29 is 0 Å². The fourth-order valence-electron chi connectivity index (χ4n) is 2.75. The van der Waals surface area contributed by atoms with Crippen LogP contribution in [0.1, 0.15) is 46.1 Å². The molecule has 1 unspecified atom stereocenters. The highest BCUT2D eigenvalue weighted by atomic mass is 15.2. The van der Waals surface area contributed by atoms with Gasteiger partial charge in [-0.2, -0.15) is 0 Å². The van der Waals surface area contributed by atoms with Gasteiger partial charge in [0.05, 0.1) is 0 Å². The lowest BCUT2D eigenvalue weighted by molar-refractivity contribution is 0.313. The molecule has 18 heavy (non-hydrogen) atoms. The number of allylic oxidation sites excluding steroid dienone is 1. The van der Waals surface area contributed by atoms with Crippen LogP contribution in [0.25, 0.3) is 0 Å². The Balaban J connectivity index is 3.25. The van der Waals surface area contributed by atoms with E-state index in [0.717, 1.165) is 12.8 Å². The van der Waals surface area contributed by atoms with Crippen LogP contribution in [0.4, 0.5) is 0 Å². The predicted molar refractivity (Wildman–Crippen MR) is 79.2 cm³/mol. The first kappa shape index (κ1) is 14.9. The molecular formula is C16H26N2. The summed E-state index contributed by atoms with van der Waals surface area (Å²) in [6, 6.07) is 10.8. The number of hydrogen-bond donors (Lipinski definition) is 2. The zero-order valence-corrected chi connectivity index (χ0v) is 12.0. The van der Waals surface area contributed by atoms with E-state index >= 15 is 0 Å². The Morgan fingerprint density at radius 3 is 2.17 bits per heavy atom. The molecule has 100 valence electrons. The molecule has 3 N–H and O–H groups in total. The van der Waals surface area contributed by atoms with E-state index in [1.54, 1.807) is 0 Å². The molecule has 2 nitrogen and oxygen atoms in total. The second-order valence-corrected chi connectivity index (χ2v) is 5.12. The first-order valence-electron chi connectivity index (χ1n) is 6.77. The van der Waals surface area contributed by atoms with E-state index in [0.29, 0.717) is 0 Å². The highest BCUT2D eigenvalue weighted by molar-refractivity contribution is 5.30. The van der Waals surface area contributed by atoms with Crippen molar-refractivity contribution in [1.82, 2.24) is 5.43 Å². The van der Waals surface area contributed by atoms with Gasteiger partial charge in [0, 0.05) is 11.5 Å². The lowest BCUT2D eigenvalue weighted by Crippen LogP contribution is -2.49. The molecule has 0 spiro atoms. The van der Waals surface area contributed by atoms with Crippen LogP contribution in [0, 0.1) is 0 Å². The van der Waals surface area contributed by atoms with Gasteiger partial charge in [-0.1, -0.05) is 55.8 Å². The largest absolute Gasteiger partial charge is 0.271 e. The highest BCUT2D eigenvalue weighted by Crippen LogP contribution is 2.35. The Morgan fingerprint density at radius 1 is 1.22 bits per heavy atom. The fraction of sp³-hybridized carbons (Fsp3) is 0.500. The molecule has 1 rings (SSSR count). The Labute approximate surface area is 111 Å². The molecule has 0 saturated heterocycles. The smallest absolute Gasteiger partial charge is 0.0489 e. The van der Waals surface area contributed by atoms with Crippen molar-refractivity contribution in [3.63, 3.8) is 0 Å². The zero-order valence-electron chi connectivity index (χ0n) is 12.0. The molecular weight excluding hydrogens is 220 g/mol. The number of benzene rings is 1. The predicted octanol–water partition coefficient (Wildman–Crippen LogP) is 3.54. The minimum Gasteiger partial charge on any atom is -0.271 e. The molecule has 0 aromatic heterocycles. The van der Waals surface area contributed by atoms with Crippen LogP contribution in [0.2, 0.25) is 0 Å². The number of nitrogens with one attached hydrogen (secondary N) is 1. The van der Waals surface area contributed by atoms with Gasteiger partial charge in [-0.05, 0) is 32.3 Å². The second-order valence-electron chi connectivity index (χ2n) is 5.12. The highest BCUT2D eigenvalue weighted by Gasteiger charge is 2.35. The Kier molecular flexibility index (Phi) is 5.57. The monoisotopic (exact) mass is 246 g/mol. The minimum atomic E-state index is 0.0628. The number of nitrogens with two attached hydrogens (primary N) is 1. The van der Waals surface area contributed by atoms with E-state index in [-0.39, 0.29) is 11.5 Å². The summed E-state index contributed by atoms with van der Waals surface area (Å²) in [4.78, 5) is 0. The molecule has 2 heteroatoms. The molecule has 1 aromatic carbocycles. The van der Waals surface area contributed by atoms with E-state index in [1.165, 1.54) is 11.1 Å². The molecule has 0 heterocycles. The van der Waals surface area contributed by atoms with Gasteiger partial charge in [-0.25, -0.2) is 0 Å². The van der Waals surface area contributed by atoms with E-state index < -0.39 is 0 Å². The summed E-state index contributed by atoms with van der Waals surface area (Å²) in [6.45, 7) is 8.70. The van der Waals surface area contributed by atoms with Crippen molar-refractivity contribution in [3.8, 4) is 0 Å². The van der Waals surface area contributed by atoms with Crippen molar-refractivity contribution in [2.75, 3.05) is 0 Å². The summed E-state index contributed by atoms with van der Waals surface area (Å²) in [6.07, 6.45) is 4.36. The summed E-state index contributed by atoms with van der Waals surface area (Å²) >= 11 is 0. The summed E-state index contributed by atoms with van der Waals surface area (Å²) in [5.41, 5.74) is 5.71. The van der Waals surface area contributed by atoms with E-state index in [9.17, 15) is 0 Å². The topological polar surface area (TPSA) is 38.0 Å². The van der Waals surface area contributed by atoms with Crippen LogP contribution in [-0.4, -0.2) is 6.04 Å². The van der Waals surface area contributed by atoms with Gasteiger partial charge in [0.15, 0.2) is 0 Å². The summed E-state index contributed by atoms with van der Waals surface area (Å²) < 4.78 is 0. The Hall–Kier alpha value is -1.12. The molecule has 0 aliphatic carbocycles. The lowest BCUT2D eigenvalue weighted by atomic mass is 9.70. The first-order chi connectivity index (χ1) is 8.60. The molecule has 0 bridgehead atoms. The second kappa shape index (κ2) is 6.72. The van der Waals surface area contributed by atoms with Crippen LogP contribution < -0.4 is 11.3 Å². The molecule has 1 aromatic rings. The number of hydrogen-bond acceptors (Lipinski definition) is 2. The van der Waals surface area contributed by atoms with Crippen molar-refractivity contribution in [2.45, 2.75) is 52.0 Å². The Bertz CT molecular complexity index is 373. The van der Waals surface area contributed by atoms with Gasteiger partial charge in [0.1, 0.15) is 0 Å². The third-order valence-corrected chi connectivity index (χ3v) is 3.89. The average Bonchev–Trinajstić information content (AvgIpc) is 2.40. The normalized spacial score (nSPS) is 13.2. The van der Waals surface area contributed by atoms with Crippen molar-refractivity contribution in [1.29, 1.82) is 0 Å². The molecule has 0 fully saturated rings. The molecule has 1 atom stereocenters. The van der Waals surface area contributed by atoms with Crippen molar-refractivity contribution in [2.24, 2.45) is 5.84 Å². The molecule has 0 aliphatic rings. The van der Waals surface area contributed by atoms with E-state index in [2.05, 4.69) is 69.5 Å².